The molecule has 0 aliphatic carbocycles. The number of anilines is 1. The molecular weight excluding hydrogens is 180 g/mol. The second kappa shape index (κ2) is 4.34. The Morgan fingerprint density at radius 2 is 2.14 bits per heavy atom. The first-order chi connectivity index (χ1) is 6.90. The van der Waals surface area contributed by atoms with Gasteiger partial charge in [-0.3, -0.25) is 4.98 Å². The predicted molar refractivity (Wildman–Crippen MR) is 53.0 cm³/mol. The van der Waals surface area contributed by atoms with E-state index in [4.69, 9.17) is 5.11 Å². The zero-order chi connectivity index (χ0) is 9.80. The Hall–Kier alpha value is -1.20. The van der Waals surface area contributed by atoms with E-state index >= 15 is 0 Å². The van der Waals surface area contributed by atoms with Crippen molar-refractivity contribution in [2.45, 2.75) is 6.61 Å². The molecule has 1 aromatic rings. The fraction of sp³-hybridized carbons (Fsp3) is 0.556. The molecule has 2 N–H and O–H groups in total. The molecule has 0 amide bonds. The van der Waals surface area contributed by atoms with Gasteiger partial charge in [0.1, 0.15) is 5.82 Å². The Bertz CT molecular complexity index is 299. The summed E-state index contributed by atoms with van der Waals surface area (Å²) in [6, 6.07) is 0. The number of rotatable bonds is 2. The molecular formula is C9H14N4O. The van der Waals surface area contributed by atoms with Gasteiger partial charge in [-0.05, 0) is 0 Å². The van der Waals surface area contributed by atoms with Crippen LogP contribution in [0.25, 0.3) is 0 Å². The number of piperazine rings is 1. The molecule has 1 aliphatic rings. The average molecular weight is 194 g/mol. The molecule has 0 bridgehead atoms. The van der Waals surface area contributed by atoms with Crippen LogP contribution < -0.4 is 10.2 Å². The van der Waals surface area contributed by atoms with Crippen molar-refractivity contribution in [3.63, 3.8) is 0 Å². The van der Waals surface area contributed by atoms with E-state index in [9.17, 15) is 0 Å². The van der Waals surface area contributed by atoms with Crippen LogP contribution in [0.5, 0.6) is 0 Å². The quantitative estimate of drug-likeness (QED) is 0.657. The molecule has 0 saturated carbocycles. The van der Waals surface area contributed by atoms with E-state index in [-0.39, 0.29) is 6.61 Å². The topological polar surface area (TPSA) is 61.3 Å². The summed E-state index contributed by atoms with van der Waals surface area (Å²) in [7, 11) is 0. The molecule has 14 heavy (non-hydrogen) atoms. The van der Waals surface area contributed by atoms with Gasteiger partial charge < -0.3 is 15.3 Å². The Labute approximate surface area is 82.8 Å². The SMILES string of the molecule is OCc1cncc(N2CCNCC2)n1. The van der Waals surface area contributed by atoms with Crippen LogP contribution in [-0.4, -0.2) is 41.3 Å². The van der Waals surface area contributed by atoms with Crippen LogP contribution in [0.1, 0.15) is 5.69 Å². The van der Waals surface area contributed by atoms with Crippen molar-refractivity contribution in [1.29, 1.82) is 0 Å². The van der Waals surface area contributed by atoms with Crippen molar-refractivity contribution in [1.82, 2.24) is 15.3 Å². The maximum absolute atomic E-state index is 8.93. The highest BCUT2D eigenvalue weighted by Crippen LogP contribution is 2.09. The van der Waals surface area contributed by atoms with Crippen LogP contribution in [0.4, 0.5) is 5.82 Å². The fourth-order valence-electron chi connectivity index (χ4n) is 1.52. The van der Waals surface area contributed by atoms with Crippen molar-refractivity contribution in [3.05, 3.63) is 18.1 Å². The molecule has 1 fully saturated rings. The van der Waals surface area contributed by atoms with E-state index in [2.05, 4.69) is 20.2 Å². The summed E-state index contributed by atoms with van der Waals surface area (Å²) >= 11 is 0. The minimum atomic E-state index is -0.0487. The third-order valence-corrected chi connectivity index (χ3v) is 2.27. The lowest BCUT2D eigenvalue weighted by atomic mass is 10.3. The number of hydrogen-bond acceptors (Lipinski definition) is 5. The van der Waals surface area contributed by atoms with Crippen LogP contribution in [0, 0.1) is 0 Å². The Morgan fingerprint density at radius 1 is 1.36 bits per heavy atom. The molecule has 5 nitrogen and oxygen atoms in total. The number of hydrogen-bond donors (Lipinski definition) is 2. The van der Waals surface area contributed by atoms with Gasteiger partial charge in [-0.15, -0.1) is 0 Å². The van der Waals surface area contributed by atoms with Crippen molar-refractivity contribution in [2.24, 2.45) is 0 Å². The van der Waals surface area contributed by atoms with Gasteiger partial charge in [-0.1, -0.05) is 0 Å². The molecule has 1 saturated heterocycles. The van der Waals surface area contributed by atoms with E-state index in [1.807, 2.05) is 0 Å². The lowest BCUT2D eigenvalue weighted by Crippen LogP contribution is -2.44. The van der Waals surface area contributed by atoms with E-state index in [1.165, 1.54) is 0 Å². The van der Waals surface area contributed by atoms with Gasteiger partial charge in [-0.2, -0.15) is 0 Å². The summed E-state index contributed by atoms with van der Waals surface area (Å²) in [4.78, 5) is 10.5. The lowest BCUT2D eigenvalue weighted by molar-refractivity contribution is 0.276. The summed E-state index contributed by atoms with van der Waals surface area (Å²) in [6.45, 7) is 3.80. The number of aliphatic hydroxyl groups is 1. The first kappa shape index (κ1) is 9.36. The molecule has 76 valence electrons. The molecule has 0 atom stereocenters. The molecule has 0 spiro atoms. The van der Waals surface area contributed by atoms with Crippen LogP contribution in [0.15, 0.2) is 12.4 Å². The summed E-state index contributed by atoms with van der Waals surface area (Å²) in [5.41, 5.74) is 0.626. The monoisotopic (exact) mass is 194 g/mol. The van der Waals surface area contributed by atoms with Gasteiger partial charge in [-0.25, -0.2) is 4.98 Å². The normalized spacial score (nSPS) is 17.1. The van der Waals surface area contributed by atoms with Gasteiger partial charge in [0.25, 0.3) is 0 Å². The average Bonchev–Trinajstić information content (AvgIpc) is 2.30. The fourth-order valence-corrected chi connectivity index (χ4v) is 1.52. The van der Waals surface area contributed by atoms with Gasteiger partial charge in [0.15, 0.2) is 0 Å². The molecule has 0 unspecified atom stereocenters. The molecule has 2 rings (SSSR count). The summed E-state index contributed by atoms with van der Waals surface area (Å²) in [5.74, 6) is 0.859. The van der Waals surface area contributed by atoms with Gasteiger partial charge >= 0.3 is 0 Å². The molecule has 5 heteroatoms. The standard InChI is InChI=1S/C9H14N4O/c14-7-8-5-11-6-9(12-8)13-3-1-10-2-4-13/h5-6,10,14H,1-4,7H2. The Morgan fingerprint density at radius 3 is 2.86 bits per heavy atom. The first-order valence-electron chi connectivity index (χ1n) is 4.77. The van der Waals surface area contributed by atoms with Crippen molar-refractivity contribution in [2.75, 3.05) is 31.1 Å². The van der Waals surface area contributed by atoms with Crippen molar-refractivity contribution < 1.29 is 5.11 Å². The highest BCUT2D eigenvalue weighted by molar-refractivity contribution is 5.36. The van der Waals surface area contributed by atoms with Crippen LogP contribution in [0.3, 0.4) is 0 Å². The van der Waals surface area contributed by atoms with Gasteiger partial charge in [0, 0.05) is 26.2 Å². The largest absolute Gasteiger partial charge is 0.390 e. The lowest BCUT2D eigenvalue weighted by Gasteiger charge is -2.28. The summed E-state index contributed by atoms with van der Waals surface area (Å²) in [5, 5.41) is 12.2. The zero-order valence-electron chi connectivity index (χ0n) is 7.98. The molecule has 0 aromatic carbocycles. The Kier molecular flexibility index (Phi) is 2.90. The van der Waals surface area contributed by atoms with Crippen LogP contribution >= 0.6 is 0 Å². The minimum Gasteiger partial charge on any atom is -0.390 e. The number of nitrogens with zero attached hydrogens (tertiary/aromatic N) is 3. The van der Waals surface area contributed by atoms with Gasteiger partial charge in [0.2, 0.25) is 0 Å². The number of aromatic nitrogens is 2. The predicted octanol–water partition coefficient (Wildman–Crippen LogP) is -0.621. The number of aliphatic hydroxyl groups excluding tert-OH is 1. The van der Waals surface area contributed by atoms with E-state index < -0.39 is 0 Å². The smallest absolute Gasteiger partial charge is 0.147 e. The number of nitrogens with one attached hydrogen (secondary N) is 1. The van der Waals surface area contributed by atoms with Crippen molar-refractivity contribution >= 4 is 5.82 Å². The molecule has 0 radical (unpaired) electrons. The van der Waals surface area contributed by atoms with Crippen LogP contribution in [-0.2, 0) is 6.61 Å². The minimum absolute atomic E-state index is 0.0487. The third-order valence-electron chi connectivity index (χ3n) is 2.27. The van der Waals surface area contributed by atoms with E-state index in [1.54, 1.807) is 12.4 Å². The Balaban J connectivity index is 2.13. The highest BCUT2D eigenvalue weighted by Gasteiger charge is 2.11. The van der Waals surface area contributed by atoms with E-state index in [0.717, 1.165) is 32.0 Å². The van der Waals surface area contributed by atoms with Crippen molar-refractivity contribution in [3.8, 4) is 0 Å². The summed E-state index contributed by atoms with van der Waals surface area (Å²) in [6.07, 6.45) is 3.33. The zero-order valence-corrected chi connectivity index (χ0v) is 7.98. The highest BCUT2D eigenvalue weighted by atomic mass is 16.3. The third kappa shape index (κ3) is 2.00. The first-order valence-corrected chi connectivity index (χ1v) is 4.77. The maximum atomic E-state index is 8.93. The van der Waals surface area contributed by atoms with Crippen LogP contribution in [0.2, 0.25) is 0 Å². The van der Waals surface area contributed by atoms with E-state index in [0.29, 0.717) is 5.69 Å². The second-order valence-electron chi connectivity index (χ2n) is 3.26. The van der Waals surface area contributed by atoms with Gasteiger partial charge in [0.05, 0.1) is 24.7 Å². The molecule has 1 aromatic heterocycles. The second-order valence-corrected chi connectivity index (χ2v) is 3.26. The maximum Gasteiger partial charge on any atom is 0.147 e. The summed E-state index contributed by atoms with van der Waals surface area (Å²) < 4.78 is 0. The molecule has 2 heterocycles. The molecule has 1 aliphatic heterocycles.